The molecular weight excluding hydrogens is 202 g/mol. The second kappa shape index (κ2) is 3.35. The summed E-state index contributed by atoms with van der Waals surface area (Å²) >= 11 is 0. The lowest BCUT2D eigenvalue weighted by atomic mass is 10.0. The monoisotopic (exact) mass is 215 g/mol. The molecular formula is C12H13N3O. The van der Waals surface area contributed by atoms with Gasteiger partial charge in [0.15, 0.2) is 0 Å². The van der Waals surface area contributed by atoms with Crippen molar-refractivity contribution in [3.8, 4) is 11.3 Å². The summed E-state index contributed by atoms with van der Waals surface area (Å²) in [6.07, 6.45) is 0. The number of hydrogen-bond donors (Lipinski definition) is 1. The summed E-state index contributed by atoms with van der Waals surface area (Å²) in [7, 11) is 2.12. The Kier molecular flexibility index (Phi) is 1.97. The minimum atomic E-state index is 0.354. The number of aromatic nitrogens is 1. The molecule has 0 atom stereocenters. The summed E-state index contributed by atoms with van der Waals surface area (Å²) in [6.45, 7) is 2.02. The molecule has 0 radical (unpaired) electrons. The Labute approximate surface area is 93.6 Å². The molecule has 0 aliphatic carbocycles. The minimum Gasteiger partial charge on any atom is -0.368 e. The van der Waals surface area contributed by atoms with Crippen molar-refractivity contribution in [1.82, 2.24) is 10.1 Å². The van der Waals surface area contributed by atoms with E-state index in [1.807, 2.05) is 0 Å². The van der Waals surface area contributed by atoms with Crippen molar-refractivity contribution in [2.24, 2.45) is 0 Å². The van der Waals surface area contributed by atoms with E-state index in [-0.39, 0.29) is 0 Å². The van der Waals surface area contributed by atoms with Crippen molar-refractivity contribution < 1.29 is 4.52 Å². The molecule has 3 rings (SSSR count). The molecule has 4 nitrogen and oxygen atoms in total. The van der Waals surface area contributed by atoms with Crippen molar-refractivity contribution >= 4 is 5.88 Å². The number of anilines is 1. The highest BCUT2D eigenvalue weighted by molar-refractivity contribution is 5.63. The average Bonchev–Trinajstić information content (AvgIpc) is 2.81. The molecule has 4 heteroatoms. The molecule has 0 unspecified atom stereocenters. The van der Waals surface area contributed by atoms with Gasteiger partial charge in [0.05, 0.1) is 0 Å². The second-order valence-corrected chi connectivity index (χ2v) is 4.27. The maximum absolute atomic E-state index is 5.51. The first-order valence-corrected chi connectivity index (χ1v) is 5.25. The van der Waals surface area contributed by atoms with Crippen LogP contribution in [0.15, 0.2) is 28.8 Å². The zero-order valence-electron chi connectivity index (χ0n) is 9.10. The van der Waals surface area contributed by atoms with Crippen LogP contribution in [0.25, 0.3) is 11.3 Å². The predicted octanol–water partition coefficient (Wildman–Crippen LogP) is 1.87. The van der Waals surface area contributed by atoms with Crippen LogP contribution in [0.4, 0.5) is 5.88 Å². The fraction of sp³-hybridized carbons (Fsp3) is 0.250. The van der Waals surface area contributed by atoms with Crippen molar-refractivity contribution in [3.63, 3.8) is 0 Å². The van der Waals surface area contributed by atoms with E-state index in [0.29, 0.717) is 5.88 Å². The van der Waals surface area contributed by atoms with Gasteiger partial charge < -0.3 is 10.3 Å². The third kappa shape index (κ3) is 1.47. The zero-order chi connectivity index (χ0) is 11.1. The first-order valence-electron chi connectivity index (χ1n) is 5.25. The lowest BCUT2D eigenvalue weighted by molar-refractivity contribution is 0.353. The van der Waals surface area contributed by atoms with Gasteiger partial charge in [-0.05, 0) is 24.2 Å². The van der Waals surface area contributed by atoms with Gasteiger partial charge in [-0.25, -0.2) is 0 Å². The fourth-order valence-electron chi connectivity index (χ4n) is 2.15. The van der Waals surface area contributed by atoms with E-state index < -0.39 is 0 Å². The number of rotatable bonds is 1. The molecule has 2 heterocycles. The Balaban J connectivity index is 2.02. The van der Waals surface area contributed by atoms with E-state index >= 15 is 0 Å². The SMILES string of the molecule is CN1Cc2ccc(-c3cc(N)on3)cc2C1. The molecule has 0 fully saturated rings. The Bertz CT molecular complexity index is 533. The summed E-state index contributed by atoms with van der Waals surface area (Å²) in [5.41, 5.74) is 10.1. The van der Waals surface area contributed by atoms with Crippen molar-refractivity contribution in [2.45, 2.75) is 13.1 Å². The molecule has 1 aromatic heterocycles. The van der Waals surface area contributed by atoms with Crippen LogP contribution in [0.5, 0.6) is 0 Å². The van der Waals surface area contributed by atoms with Gasteiger partial charge in [-0.1, -0.05) is 17.3 Å². The van der Waals surface area contributed by atoms with Gasteiger partial charge in [-0.15, -0.1) is 0 Å². The lowest BCUT2D eigenvalue weighted by Crippen LogP contribution is -2.07. The minimum absolute atomic E-state index is 0.354. The van der Waals surface area contributed by atoms with Gasteiger partial charge in [-0.2, -0.15) is 0 Å². The van der Waals surface area contributed by atoms with Crippen LogP contribution in [-0.2, 0) is 13.1 Å². The number of nitrogens with zero attached hydrogens (tertiary/aromatic N) is 2. The Morgan fingerprint density at radius 1 is 1.25 bits per heavy atom. The predicted molar refractivity (Wildman–Crippen MR) is 61.5 cm³/mol. The molecule has 0 saturated heterocycles. The number of hydrogen-bond acceptors (Lipinski definition) is 4. The molecule has 1 aliphatic rings. The molecule has 0 spiro atoms. The van der Waals surface area contributed by atoms with E-state index in [1.165, 1.54) is 11.1 Å². The summed E-state index contributed by atoms with van der Waals surface area (Å²) in [4.78, 5) is 2.28. The van der Waals surface area contributed by atoms with Gasteiger partial charge in [0.1, 0.15) is 5.69 Å². The smallest absolute Gasteiger partial charge is 0.222 e. The average molecular weight is 215 g/mol. The van der Waals surface area contributed by atoms with Crippen LogP contribution in [0.3, 0.4) is 0 Å². The molecule has 1 aliphatic heterocycles. The third-order valence-electron chi connectivity index (χ3n) is 2.91. The van der Waals surface area contributed by atoms with Gasteiger partial charge in [0, 0.05) is 24.7 Å². The van der Waals surface area contributed by atoms with Crippen molar-refractivity contribution in [3.05, 3.63) is 35.4 Å². The maximum Gasteiger partial charge on any atom is 0.222 e. The van der Waals surface area contributed by atoms with Crippen LogP contribution < -0.4 is 5.73 Å². The van der Waals surface area contributed by atoms with E-state index in [0.717, 1.165) is 24.3 Å². The summed E-state index contributed by atoms with van der Waals surface area (Å²) in [6, 6.07) is 8.13. The van der Waals surface area contributed by atoms with Crippen LogP contribution in [0, 0.1) is 0 Å². The molecule has 0 amide bonds. The highest BCUT2D eigenvalue weighted by atomic mass is 16.5. The van der Waals surface area contributed by atoms with Crippen LogP contribution in [0.1, 0.15) is 11.1 Å². The molecule has 0 saturated carbocycles. The normalized spacial score (nSPS) is 15.3. The number of benzene rings is 1. The molecule has 16 heavy (non-hydrogen) atoms. The van der Waals surface area contributed by atoms with Crippen LogP contribution in [0.2, 0.25) is 0 Å². The molecule has 82 valence electrons. The number of nitrogen functional groups attached to an aromatic ring is 1. The third-order valence-corrected chi connectivity index (χ3v) is 2.91. The summed E-state index contributed by atoms with van der Waals surface area (Å²) in [5.74, 6) is 0.354. The van der Waals surface area contributed by atoms with Gasteiger partial charge in [-0.3, -0.25) is 4.90 Å². The molecule has 1 aromatic carbocycles. The van der Waals surface area contributed by atoms with Crippen LogP contribution in [-0.4, -0.2) is 17.1 Å². The highest BCUT2D eigenvalue weighted by Gasteiger charge is 2.16. The van der Waals surface area contributed by atoms with Crippen LogP contribution >= 0.6 is 0 Å². The summed E-state index contributed by atoms with van der Waals surface area (Å²) in [5, 5.41) is 3.92. The molecule has 2 aromatic rings. The van der Waals surface area contributed by atoms with Crippen molar-refractivity contribution in [1.29, 1.82) is 0 Å². The van der Waals surface area contributed by atoms with E-state index in [9.17, 15) is 0 Å². The second-order valence-electron chi connectivity index (χ2n) is 4.27. The first kappa shape index (κ1) is 9.42. The zero-order valence-corrected chi connectivity index (χ0v) is 9.10. The van der Waals surface area contributed by atoms with E-state index in [2.05, 4.69) is 35.3 Å². The van der Waals surface area contributed by atoms with E-state index in [4.69, 9.17) is 10.3 Å². The van der Waals surface area contributed by atoms with Crippen molar-refractivity contribution in [2.75, 3.05) is 12.8 Å². The van der Waals surface area contributed by atoms with Gasteiger partial charge in [0.2, 0.25) is 5.88 Å². The largest absolute Gasteiger partial charge is 0.368 e. The Morgan fingerprint density at radius 2 is 2.06 bits per heavy atom. The van der Waals surface area contributed by atoms with Gasteiger partial charge >= 0.3 is 0 Å². The maximum atomic E-state index is 5.51. The Morgan fingerprint density at radius 3 is 2.81 bits per heavy atom. The lowest BCUT2D eigenvalue weighted by Gasteiger charge is -2.02. The fourth-order valence-corrected chi connectivity index (χ4v) is 2.15. The standard InChI is InChI=1S/C12H13N3O/c1-15-6-9-3-2-8(4-10(9)7-15)11-5-12(13)16-14-11/h2-5H,6-7,13H2,1H3. The first-order chi connectivity index (χ1) is 7.72. The summed E-state index contributed by atoms with van der Waals surface area (Å²) < 4.78 is 4.88. The highest BCUT2D eigenvalue weighted by Crippen LogP contribution is 2.27. The quantitative estimate of drug-likeness (QED) is 0.789. The molecule has 0 bridgehead atoms. The Hall–Kier alpha value is -1.81. The van der Waals surface area contributed by atoms with Gasteiger partial charge in [0.25, 0.3) is 0 Å². The van der Waals surface area contributed by atoms with E-state index in [1.54, 1.807) is 6.07 Å². The topological polar surface area (TPSA) is 55.3 Å². The number of fused-ring (bicyclic) bond motifs is 1. The molecule has 2 N–H and O–H groups in total. The number of nitrogens with two attached hydrogens (primary N) is 1.